The highest BCUT2D eigenvalue weighted by molar-refractivity contribution is 5.54. The van der Waals surface area contributed by atoms with Gasteiger partial charge in [0, 0.05) is 11.1 Å². The first-order valence-electron chi connectivity index (χ1n) is 7.14. The number of aromatic nitrogens is 2. The van der Waals surface area contributed by atoms with Gasteiger partial charge < -0.3 is 14.9 Å². The third-order valence-electron chi connectivity index (χ3n) is 3.77. The van der Waals surface area contributed by atoms with Crippen LogP contribution in [-0.2, 0) is 5.41 Å². The third-order valence-corrected chi connectivity index (χ3v) is 3.77. The van der Waals surface area contributed by atoms with Crippen molar-refractivity contribution in [1.29, 1.82) is 5.26 Å². The number of allylic oxidation sites excluding steroid dienone is 1. The molecule has 0 amide bonds. The van der Waals surface area contributed by atoms with E-state index < -0.39 is 16.7 Å². The average molecular weight is 329 g/mol. The number of nitrogens with one attached hydrogen (secondary N) is 1. The Balaban J connectivity index is 2.24. The summed E-state index contributed by atoms with van der Waals surface area (Å²) in [6.45, 7) is 5.91. The summed E-state index contributed by atoms with van der Waals surface area (Å²) in [6, 6.07) is 4.71. The molecule has 0 unspecified atom stereocenters. The summed E-state index contributed by atoms with van der Waals surface area (Å²) in [5.74, 6) is -0.755. The number of nitro groups is 1. The van der Waals surface area contributed by atoms with Gasteiger partial charge in [0.1, 0.15) is 22.3 Å². The minimum absolute atomic E-state index is 0.0963. The number of fused-ring (bicyclic) bond motifs is 1. The molecule has 3 rings (SSSR count). The second-order valence-corrected chi connectivity index (χ2v) is 6.43. The van der Waals surface area contributed by atoms with E-state index in [0.29, 0.717) is 5.56 Å². The maximum Gasteiger partial charge on any atom is 0.433 e. The molecular formula is C15H15N5O4. The Kier molecular flexibility index (Phi) is 3.33. The van der Waals surface area contributed by atoms with Crippen molar-refractivity contribution in [3.05, 3.63) is 50.7 Å². The predicted octanol–water partition coefficient (Wildman–Crippen LogP) is 2.43. The van der Waals surface area contributed by atoms with Crippen LogP contribution in [0.3, 0.4) is 0 Å². The molecular weight excluding hydrogens is 314 g/mol. The maximum atomic E-state index is 10.9. The van der Waals surface area contributed by atoms with Crippen LogP contribution in [0, 0.1) is 21.4 Å². The number of hydrogen-bond acceptors (Lipinski definition) is 7. The van der Waals surface area contributed by atoms with Crippen molar-refractivity contribution in [3.63, 3.8) is 0 Å². The normalized spacial score (nSPS) is 17.2. The number of ether oxygens (including phenoxy) is 1. The van der Waals surface area contributed by atoms with Crippen molar-refractivity contribution in [2.75, 3.05) is 0 Å². The Bertz CT molecular complexity index is 894. The fraction of sp³-hybridized carbons (Fsp3) is 0.333. The zero-order valence-corrected chi connectivity index (χ0v) is 13.3. The first-order chi connectivity index (χ1) is 11.2. The fourth-order valence-corrected chi connectivity index (χ4v) is 2.70. The van der Waals surface area contributed by atoms with Gasteiger partial charge in [0.2, 0.25) is 11.8 Å². The molecule has 9 nitrogen and oxygen atoms in total. The Labute approximate surface area is 136 Å². The van der Waals surface area contributed by atoms with Gasteiger partial charge in [-0.3, -0.25) is 15.2 Å². The van der Waals surface area contributed by atoms with Gasteiger partial charge in [-0.25, -0.2) is 0 Å². The van der Waals surface area contributed by atoms with Gasteiger partial charge in [-0.05, 0) is 6.07 Å². The van der Waals surface area contributed by atoms with Crippen LogP contribution in [0.1, 0.15) is 43.7 Å². The Morgan fingerprint density at radius 1 is 1.46 bits per heavy atom. The number of nitrogens with two attached hydrogens (primary N) is 1. The molecule has 2 aromatic rings. The lowest BCUT2D eigenvalue weighted by Gasteiger charge is -2.25. The summed E-state index contributed by atoms with van der Waals surface area (Å²) >= 11 is 0. The van der Waals surface area contributed by atoms with Crippen LogP contribution in [0.5, 0.6) is 5.88 Å². The summed E-state index contributed by atoms with van der Waals surface area (Å²) in [6.07, 6.45) is 0. The number of nitrogens with zero attached hydrogens (tertiary/aromatic N) is 3. The first kappa shape index (κ1) is 15.6. The molecule has 0 radical (unpaired) electrons. The Morgan fingerprint density at radius 2 is 2.17 bits per heavy atom. The first-order valence-corrected chi connectivity index (χ1v) is 7.14. The SMILES string of the molecule is CC(C)(C)c1[nH]nc2c1[C@@H](c1ccc([N+](=O)[O-])o1)C(C#N)=C(N)O2. The standard InChI is InChI=1S/C15H15N5O4/c1-15(2,3)12-11-10(8-4-5-9(23-8)20(21)22)7(6-16)13(17)24-14(11)19-18-12/h4-5,10H,17H2,1-3H3,(H,18,19)/t10-/m1/s1. The summed E-state index contributed by atoms with van der Waals surface area (Å²) in [4.78, 5) is 10.3. The second kappa shape index (κ2) is 5.13. The van der Waals surface area contributed by atoms with E-state index in [1.54, 1.807) is 0 Å². The number of H-pyrrole nitrogens is 1. The molecule has 3 heterocycles. The summed E-state index contributed by atoms with van der Waals surface area (Å²) in [5, 5.41) is 27.4. The minimum Gasteiger partial charge on any atom is -0.420 e. The van der Waals surface area contributed by atoms with Gasteiger partial charge in [0.25, 0.3) is 0 Å². The summed E-state index contributed by atoms with van der Waals surface area (Å²) < 4.78 is 10.8. The second-order valence-electron chi connectivity index (χ2n) is 6.43. The van der Waals surface area contributed by atoms with Gasteiger partial charge in [-0.1, -0.05) is 20.8 Å². The molecule has 0 saturated carbocycles. The smallest absolute Gasteiger partial charge is 0.420 e. The van der Waals surface area contributed by atoms with E-state index in [0.717, 1.165) is 5.69 Å². The van der Waals surface area contributed by atoms with Gasteiger partial charge in [-0.15, -0.1) is 5.10 Å². The van der Waals surface area contributed by atoms with Crippen LogP contribution in [-0.4, -0.2) is 15.1 Å². The highest BCUT2D eigenvalue weighted by atomic mass is 16.6. The average Bonchev–Trinajstić information content (AvgIpc) is 3.11. The Morgan fingerprint density at radius 3 is 2.71 bits per heavy atom. The van der Waals surface area contributed by atoms with Gasteiger partial charge in [0.15, 0.2) is 0 Å². The lowest BCUT2D eigenvalue weighted by atomic mass is 9.81. The summed E-state index contributed by atoms with van der Waals surface area (Å²) in [5.41, 5.74) is 6.95. The van der Waals surface area contributed by atoms with E-state index in [2.05, 4.69) is 10.2 Å². The van der Waals surface area contributed by atoms with E-state index in [-0.39, 0.29) is 28.5 Å². The highest BCUT2D eigenvalue weighted by Gasteiger charge is 2.40. The van der Waals surface area contributed by atoms with Crippen molar-refractivity contribution in [2.24, 2.45) is 5.73 Å². The quantitative estimate of drug-likeness (QED) is 0.635. The maximum absolute atomic E-state index is 10.9. The van der Waals surface area contributed by atoms with Gasteiger partial charge >= 0.3 is 5.88 Å². The minimum atomic E-state index is -0.722. The number of hydrogen-bond donors (Lipinski definition) is 2. The number of furan rings is 1. The topological polar surface area (TPSA) is 144 Å². The molecule has 0 spiro atoms. The fourth-order valence-electron chi connectivity index (χ4n) is 2.70. The molecule has 9 heteroatoms. The lowest BCUT2D eigenvalue weighted by molar-refractivity contribution is -0.402. The molecule has 0 fully saturated rings. The molecule has 1 aliphatic rings. The van der Waals surface area contributed by atoms with Crippen molar-refractivity contribution in [2.45, 2.75) is 32.1 Å². The van der Waals surface area contributed by atoms with Crippen molar-refractivity contribution >= 4 is 5.88 Å². The lowest BCUT2D eigenvalue weighted by Crippen LogP contribution is -2.23. The molecule has 0 aliphatic carbocycles. The number of rotatable bonds is 2. The van der Waals surface area contributed by atoms with Crippen LogP contribution in [0.4, 0.5) is 5.88 Å². The van der Waals surface area contributed by atoms with E-state index in [1.165, 1.54) is 12.1 Å². The molecule has 24 heavy (non-hydrogen) atoms. The molecule has 1 atom stereocenters. The van der Waals surface area contributed by atoms with Crippen LogP contribution < -0.4 is 10.5 Å². The van der Waals surface area contributed by atoms with Crippen LogP contribution >= 0.6 is 0 Å². The zero-order valence-electron chi connectivity index (χ0n) is 13.3. The number of nitriles is 1. The summed E-state index contributed by atoms with van der Waals surface area (Å²) in [7, 11) is 0. The van der Waals surface area contributed by atoms with Crippen LogP contribution in [0.2, 0.25) is 0 Å². The molecule has 0 saturated heterocycles. The molecule has 1 aliphatic heterocycles. The highest BCUT2D eigenvalue weighted by Crippen LogP contribution is 2.46. The predicted molar refractivity (Wildman–Crippen MR) is 81.9 cm³/mol. The molecule has 124 valence electrons. The molecule has 0 bridgehead atoms. The Hall–Kier alpha value is -3.28. The zero-order chi connectivity index (χ0) is 17.6. The van der Waals surface area contributed by atoms with Crippen molar-refractivity contribution < 1.29 is 14.1 Å². The van der Waals surface area contributed by atoms with Gasteiger partial charge in [0.05, 0.1) is 17.5 Å². The van der Waals surface area contributed by atoms with E-state index in [9.17, 15) is 15.4 Å². The molecule has 2 aromatic heterocycles. The van der Waals surface area contributed by atoms with E-state index >= 15 is 0 Å². The third kappa shape index (κ3) is 2.28. The monoisotopic (exact) mass is 329 g/mol. The number of aromatic amines is 1. The van der Waals surface area contributed by atoms with E-state index in [4.69, 9.17) is 14.9 Å². The molecule has 0 aromatic carbocycles. The molecule has 3 N–H and O–H groups in total. The van der Waals surface area contributed by atoms with Gasteiger partial charge in [-0.2, -0.15) is 5.26 Å². The van der Waals surface area contributed by atoms with Crippen LogP contribution in [0.15, 0.2) is 28.0 Å². The largest absolute Gasteiger partial charge is 0.433 e. The van der Waals surface area contributed by atoms with Crippen molar-refractivity contribution in [3.8, 4) is 11.9 Å². The van der Waals surface area contributed by atoms with E-state index in [1.807, 2.05) is 26.8 Å². The van der Waals surface area contributed by atoms with Crippen molar-refractivity contribution in [1.82, 2.24) is 10.2 Å². The van der Waals surface area contributed by atoms with Crippen LogP contribution in [0.25, 0.3) is 0 Å².